The van der Waals surface area contributed by atoms with Crippen molar-refractivity contribution < 1.29 is 14.7 Å². The number of carbonyl (C=O) groups is 2. The molecule has 0 aliphatic heterocycles. The van der Waals surface area contributed by atoms with Crippen LogP contribution in [-0.4, -0.2) is 42.4 Å². The average Bonchev–Trinajstić information content (AvgIpc) is 1.88. The van der Waals surface area contributed by atoms with Crippen LogP contribution in [0, 0.1) is 0 Å². The van der Waals surface area contributed by atoms with E-state index in [0.29, 0.717) is 12.7 Å². The van der Waals surface area contributed by atoms with Crippen molar-refractivity contribution in [1.82, 2.24) is 4.90 Å². The highest BCUT2D eigenvalue weighted by Gasteiger charge is 1.95. The molecule has 0 aromatic carbocycles. The van der Waals surface area contributed by atoms with Crippen molar-refractivity contribution in [2.45, 2.75) is 0 Å². The molecule has 0 atom stereocenters. The molecule has 0 heterocycles. The summed E-state index contributed by atoms with van der Waals surface area (Å²) in [4.78, 5) is 20.9. The molecule has 1 amide bonds. The SMILES string of the molecule is O=CCN(C=O)CCO. The van der Waals surface area contributed by atoms with E-state index in [0.717, 1.165) is 0 Å². The minimum Gasteiger partial charge on any atom is -0.395 e. The fourth-order valence-corrected chi connectivity index (χ4v) is 0.411. The zero-order valence-corrected chi connectivity index (χ0v) is 4.99. The van der Waals surface area contributed by atoms with E-state index in [-0.39, 0.29) is 19.7 Å². The van der Waals surface area contributed by atoms with Gasteiger partial charge in [0.2, 0.25) is 6.41 Å². The molecular formula is C5H9NO3. The molecule has 4 nitrogen and oxygen atoms in total. The Morgan fingerprint density at radius 3 is 2.44 bits per heavy atom. The monoisotopic (exact) mass is 131 g/mol. The first kappa shape index (κ1) is 8.10. The van der Waals surface area contributed by atoms with Gasteiger partial charge in [-0.1, -0.05) is 0 Å². The van der Waals surface area contributed by atoms with Gasteiger partial charge in [0.15, 0.2) is 0 Å². The van der Waals surface area contributed by atoms with E-state index in [1.165, 1.54) is 4.90 Å². The lowest BCUT2D eigenvalue weighted by Crippen LogP contribution is -2.26. The van der Waals surface area contributed by atoms with E-state index in [9.17, 15) is 9.59 Å². The largest absolute Gasteiger partial charge is 0.395 e. The Labute approximate surface area is 53.1 Å². The van der Waals surface area contributed by atoms with E-state index in [1.807, 2.05) is 0 Å². The smallest absolute Gasteiger partial charge is 0.210 e. The molecule has 0 aromatic rings. The summed E-state index contributed by atoms with van der Waals surface area (Å²) in [6.45, 7) is 0.179. The average molecular weight is 131 g/mol. The number of aldehydes is 1. The fourth-order valence-electron chi connectivity index (χ4n) is 0.411. The van der Waals surface area contributed by atoms with E-state index in [4.69, 9.17) is 5.11 Å². The Kier molecular flexibility index (Phi) is 4.72. The van der Waals surface area contributed by atoms with Crippen molar-refractivity contribution in [3.63, 3.8) is 0 Å². The quantitative estimate of drug-likeness (QED) is 0.468. The van der Waals surface area contributed by atoms with Crippen molar-refractivity contribution >= 4 is 12.7 Å². The molecular weight excluding hydrogens is 122 g/mol. The summed E-state index contributed by atoms with van der Waals surface area (Å²) in [5.41, 5.74) is 0. The Hall–Kier alpha value is -0.900. The van der Waals surface area contributed by atoms with Crippen molar-refractivity contribution in [1.29, 1.82) is 0 Å². The maximum atomic E-state index is 9.94. The zero-order chi connectivity index (χ0) is 7.11. The summed E-state index contributed by atoms with van der Waals surface area (Å²) >= 11 is 0. The van der Waals surface area contributed by atoms with Gasteiger partial charge < -0.3 is 14.8 Å². The summed E-state index contributed by atoms with van der Waals surface area (Å²) in [5.74, 6) is 0. The predicted octanol–water partition coefficient (Wildman–Crippen LogP) is -1.36. The highest BCUT2D eigenvalue weighted by atomic mass is 16.3. The van der Waals surface area contributed by atoms with Gasteiger partial charge in [0.25, 0.3) is 0 Å². The number of nitrogens with zero attached hydrogens (tertiary/aromatic N) is 1. The number of hydrogen-bond acceptors (Lipinski definition) is 3. The summed E-state index contributed by atoms with van der Waals surface area (Å²) in [6.07, 6.45) is 1.15. The third-order valence-corrected chi connectivity index (χ3v) is 0.845. The van der Waals surface area contributed by atoms with E-state index >= 15 is 0 Å². The summed E-state index contributed by atoms with van der Waals surface area (Å²) in [7, 11) is 0. The molecule has 0 bridgehead atoms. The molecule has 4 heteroatoms. The Morgan fingerprint density at radius 2 is 2.11 bits per heavy atom. The van der Waals surface area contributed by atoms with Crippen LogP contribution in [0.4, 0.5) is 0 Å². The van der Waals surface area contributed by atoms with E-state index in [1.54, 1.807) is 0 Å². The minimum atomic E-state index is -0.105. The first-order chi connectivity index (χ1) is 4.35. The van der Waals surface area contributed by atoms with Crippen molar-refractivity contribution in [2.24, 2.45) is 0 Å². The molecule has 0 aromatic heterocycles. The highest BCUT2D eigenvalue weighted by molar-refractivity contribution is 5.59. The van der Waals surface area contributed by atoms with Gasteiger partial charge in [-0.3, -0.25) is 4.79 Å². The van der Waals surface area contributed by atoms with Crippen LogP contribution >= 0.6 is 0 Å². The van der Waals surface area contributed by atoms with Crippen LogP contribution in [0.2, 0.25) is 0 Å². The van der Waals surface area contributed by atoms with E-state index < -0.39 is 0 Å². The fraction of sp³-hybridized carbons (Fsp3) is 0.600. The molecule has 0 saturated carbocycles. The standard InChI is InChI=1S/C5H9NO3/c7-3-1-6(5-9)2-4-8/h3,5,8H,1-2,4H2. The summed E-state index contributed by atoms with van der Waals surface area (Å²) in [6, 6.07) is 0. The number of rotatable bonds is 5. The Balaban J connectivity index is 3.40. The lowest BCUT2D eigenvalue weighted by molar-refractivity contribution is -0.122. The molecule has 52 valence electrons. The van der Waals surface area contributed by atoms with Crippen molar-refractivity contribution in [2.75, 3.05) is 19.7 Å². The van der Waals surface area contributed by atoms with Crippen molar-refractivity contribution in [3.8, 4) is 0 Å². The lowest BCUT2D eigenvalue weighted by atomic mass is 10.5. The molecule has 0 spiro atoms. The minimum absolute atomic E-state index is 0.0596. The van der Waals surface area contributed by atoms with Gasteiger partial charge in [0.1, 0.15) is 6.29 Å². The topological polar surface area (TPSA) is 57.6 Å². The van der Waals surface area contributed by atoms with Crippen LogP contribution in [0.3, 0.4) is 0 Å². The molecule has 9 heavy (non-hydrogen) atoms. The third kappa shape index (κ3) is 3.66. The molecule has 0 aliphatic carbocycles. The molecule has 0 unspecified atom stereocenters. The number of aliphatic hydroxyl groups excluding tert-OH is 1. The second-order valence-electron chi connectivity index (χ2n) is 1.49. The molecule has 0 saturated heterocycles. The Bertz CT molecular complexity index is 94.2. The van der Waals surface area contributed by atoms with Crippen LogP contribution in [0.25, 0.3) is 0 Å². The van der Waals surface area contributed by atoms with Gasteiger partial charge >= 0.3 is 0 Å². The van der Waals surface area contributed by atoms with Gasteiger partial charge in [0, 0.05) is 6.54 Å². The van der Waals surface area contributed by atoms with Crippen LogP contribution in [0.15, 0.2) is 0 Å². The molecule has 0 radical (unpaired) electrons. The van der Waals surface area contributed by atoms with Crippen LogP contribution < -0.4 is 0 Å². The number of amides is 1. The molecule has 0 rings (SSSR count). The highest BCUT2D eigenvalue weighted by Crippen LogP contribution is 1.76. The van der Waals surface area contributed by atoms with E-state index in [2.05, 4.69) is 0 Å². The van der Waals surface area contributed by atoms with Gasteiger partial charge in [-0.05, 0) is 0 Å². The second-order valence-corrected chi connectivity index (χ2v) is 1.49. The number of hydrogen-bond donors (Lipinski definition) is 1. The van der Waals surface area contributed by atoms with Crippen LogP contribution in [0.5, 0.6) is 0 Å². The number of carbonyl (C=O) groups excluding carboxylic acids is 2. The van der Waals surface area contributed by atoms with Crippen LogP contribution in [0.1, 0.15) is 0 Å². The second kappa shape index (κ2) is 5.24. The van der Waals surface area contributed by atoms with Gasteiger partial charge in [-0.15, -0.1) is 0 Å². The zero-order valence-electron chi connectivity index (χ0n) is 4.99. The molecule has 0 fully saturated rings. The van der Waals surface area contributed by atoms with Gasteiger partial charge in [-0.2, -0.15) is 0 Å². The Morgan fingerprint density at radius 1 is 1.44 bits per heavy atom. The van der Waals surface area contributed by atoms with Crippen molar-refractivity contribution in [3.05, 3.63) is 0 Å². The summed E-state index contributed by atoms with van der Waals surface area (Å²) in [5, 5.41) is 8.28. The van der Waals surface area contributed by atoms with Gasteiger partial charge in [0.05, 0.1) is 13.2 Å². The lowest BCUT2D eigenvalue weighted by Gasteiger charge is -2.09. The van der Waals surface area contributed by atoms with Crippen LogP contribution in [-0.2, 0) is 9.59 Å². The maximum absolute atomic E-state index is 9.94. The normalized spacial score (nSPS) is 8.56. The summed E-state index contributed by atoms with van der Waals surface area (Å²) < 4.78 is 0. The third-order valence-electron chi connectivity index (χ3n) is 0.845. The molecule has 1 N–H and O–H groups in total. The first-order valence-corrected chi connectivity index (χ1v) is 2.59. The molecule has 0 aliphatic rings. The maximum Gasteiger partial charge on any atom is 0.210 e. The predicted molar refractivity (Wildman–Crippen MR) is 30.8 cm³/mol. The van der Waals surface area contributed by atoms with Gasteiger partial charge in [-0.25, -0.2) is 0 Å². The number of aliphatic hydroxyl groups is 1. The first-order valence-electron chi connectivity index (χ1n) is 2.59.